The number of nitrogens with zero attached hydrogens (tertiary/aromatic N) is 2. The summed E-state index contributed by atoms with van der Waals surface area (Å²) in [6.45, 7) is 0. The van der Waals surface area contributed by atoms with Crippen molar-refractivity contribution in [3.63, 3.8) is 0 Å². The lowest BCUT2D eigenvalue weighted by Crippen LogP contribution is -2.12. The molecule has 0 aromatic carbocycles. The molecular weight excluding hydrogens is 311 g/mol. The van der Waals surface area contributed by atoms with Gasteiger partial charge in [-0.2, -0.15) is 18.4 Å². The highest BCUT2D eigenvalue weighted by molar-refractivity contribution is 9.10. The third-order valence-electron chi connectivity index (χ3n) is 1.92. The van der Waals surface area contributed by atoms with E-state index in [2.05, 4.69) is 20.9 Å². The van der Waals surface area contributed by atoms with Gasteiger partial charge in [-0.1, -0.05) is 0 Å². The van der Waals surface area contributed by atoms with Crippen LogP contribution in [0.3, 0.4) is 0 Å². The van der Waals surface area contributed by atoms with Crippen LogP contribution >= 0.6 is 15.9 Å². The smallest absolute Gasteiger partial charge is 0.253 e. The zero-order chi connectivity index (χ0) is 13.2. The lowest BCUT2D eigenvalue weighted by Gasteiger charge is -2.14. The largest absolute Gasteiger partial charge is 0.418 e. The first-order valence-corrected chi connectivity index (χ1v) is 4.98. The molecule has 0 amide bonds. The minimum absolute atomic E-state index is 0.318. The summed E-state index contributed by atoms with van der Waals surface area (Å²) >= 11 is 2.63. The van der Waals surface area contributed by atoms with Crippen molar-refractivity contribution in [3.05, 3.63) is 27.5 Å². The molecule has 2 nitrogen and oxygen atoms in total. The fraction of sp³-hybridized carbons (Fsp3) is 0.333. The lowest BCUT2D eigenvalue weighted by atomic mass is 10.1. The number of rotatable bonds is 2. The number of pyridine rings is 1. The van der Waals surface area contributed by atoms with Crippen molar-refractivity contribution in [2.45, 2.75) is 19.0 Å². The molecule has 0 aliphatic carbocycles. The highest BCUT2D eigenvalue weighted by Gasteiger charge is 2.36. The zero-order valence-electron chi connectivity index (χ0n) is 8.02. The Kier molecular flexibility index (Phi) is 4.03. The monoisotopic (exact) mass is 314 g/mol. The average molecular weight is 315 g/mol. The fourth-order valence-electron chi connectivity index (χ4n) is 1.19. The standard InChI is InChI=1S/C9H4BrF5N2/c10-6-4(1-2-16)5(9(13,14)15)3-17-7(6)8(11)12/h3,8H,1H2. The highest BCUT2D eigenvalue weighted by atomic mass is 79.9. The predicted molar refractivity (Wildman–Crippen MR) is 51.2 cm³/mol. The van der Waals surface area contributed by atoms with Crippen LogP contribution in [0.1, 0.15) is 23.2 Å². The number of hydrogen-bond donors (Lipinski definition) is 0. The van der Waals surface area contributed by atoms with Crippen LogP contribution in [0.5, 0.6) is 0 Å². The summed E-state index contributed by atoms with van der Waals surface area (Å²) in [7, 11) is 0. The molecule has 0 aliphatic heterocycles. The van der Waals surface area contributed by atoms with Crippen LogP contribution in [-0.4, -0.2) is 4.98 Å². The Labute approximate surface area is 101 Å². The summed E-state index contributed by atoms with van der Waals surface area (Å²) in [6.07, 6.45) is -8.05. The van der Waals surface area contributed by atoms with E-state index in [9.17, 15) is 22.0 Å². The van der Waals surface area contributed by atoms with Gasteiger partial charge < -0.3 is 0 Å². The van der Waals surface area contributed by atoms with Gasteiger partial charge in [-0.25, -0.2) is 8.78 Å². The van der Waals surface area contributed by atoms with E-state index in [0.29, 0.717) is 6.20 Å². The average Bonchev–Trinajstić information content (AvgIpc) is 2.18. The van der Waals surface area contributed by atoms with Crippen LogP contribution in [0, 0.1) is 11.3 Å². The number of alkyl halides is 5. The minimum Gasteiger partial charge on any atom is -0.253 e. The molecule has 0 saturated heterocycles. The second kappa shape index (κ2) is 4.96. The lowest BCUT2D eigenvalue weighted by molar-refractivity contribution is -0.138. The van der Waals surface area contributed by atoms with Gasteiger partial charge in [-0.15, -0.1) is 0 Å². The van der Waals surface area contributed by atoms with Crippen LogP contribution in [-0.2, 0) is 12.6 Å². The van der Waals surface area contributed by atoms with E-state index in [1.807, 2.05) is 0 Å². The molecular formula is C9H4BrF5N2. The number of hydrogen-bond acceptors (Lipinski definition) is 2. The van der Waals surface area contributed by atoms with Crippen LogP contribution in [0.25, 0.3) is 0 Å². The molecule has 0 spiro atoms. The Morgan fingerprint density at radius 2 is 2.00 bits per heavy atom. The minimum atomic E-state index is -4.73. The summed E-state index contributed by atoms with van der Waals surface area (Å²) in [6, 6.07) is 1.50. The van der Waals surface area contributed by atoms with Crippen molar-refractivity contribution in [1.82, 2.24) is 4.98 Å². The molecule has 0 saturated carbocycles. The maximum Gasteiger partial charge on any atom is 0.418 e. The fourth-order valence-corrected chi connectivity index (χ4v) is 1.82. The first-order chi connectivity index (χ1) is 7.79. The Bertz CT molecular complexity index is 464. The van der Waals surface area contributed by atoms with Crippen molar-refractivity contribution in [2.75, 3.05) is 0 Å². The summed E-state index contributed by atoms with van der Waals surface area (Å²) in [5.74, 6) is 0. The number of aromatic nitrogens is 1. The van der Waals surface area contributed by atoms with Crippen molar-refractivity contribution >= 4 is 15.9 Å². The molecule has 0 unspecified atom stereocenters. The first-order valence-electron chi connectivity index (χ1n) is 4.18. The second-order valence-electron chi connectivity index (χ2n) is 2.98. The Balaban J connectivity index is 3.46. The van der Waals surface area contributed by atoms with Crippen molar-refractivity contribution in [1.29, 1.82) is 5.26 Å². The highest BCUT2D eigenvalue weighted by Crippen LogP contribution is 2.38. The Hall–Kier alpha value is -1.23. The van der Waals surface area contributed by atoms with Crippen LogP contribution in [0.4, 0.5) is 22.0 Å². The van der Waals surface area contributed by atoms with Crippen molar-refractivity contribution in [3.8, 4) is 6.07 Å². The molecule has 0 N–H and O–H groups in total. The molecule has 0 radical (unpaired) electrons. The molecule has 1 rings (SSSR count). The van der Waals surface area contributed by atoms with E-state index >= 15 is 0 Å². The first kappa shape index (κ1) is 13.8. The molecule has 8 heteroatoms. The van der Waals surface area contributed by atoms with Gasteiger partial charge in [0, 0.05) is 10.7 Å². The Morgan fingerprint density at radius 3 is 2.41 bits per heavy atom. The van der Waals surface area contributed by atoms with Gasteiger partial charge in [-0.05, 0) is 21.5 Å². The van der Waals surface area contributed by atoms with Gasteiger partial charge in [-0.3, -0.25) is 4.98 Å². The quantitative estimate of drug-likeness (QED) is 0.777. The predicted octanol–water partition coefficient (Wildman–Crippen LogP) is 3.87. The molecule has 0 atom stereocenters. The molecule has 92 valence electrons. The normalized spacial score (nSPS) is 11.6. The van der Waals surface area contributed by atoms with Gasteiger partial charge in [0.1, 0.15) is 5.69 Å². The molecule has 1 aromatic rings. The van der Waals surface area contributed by atoms with E-state index in [1.165, 1.54) is 6.07 Å². The molecule has 17 heavy (non-hydrogen) atoms. The van der Waals surface area contributed by atoms with Gasteiger partial charge in [0.05, 0.1) is 18.1 Å². The molecule has 0 fully saturated rings. The van der Waals surface area contributed by atoms with E-state index in [4.69, 9.17) is 5.26 Å². The third kappa shape index (κ3) is 2.91. The zero-order valence-corrected chi connectivity index (χ0v) is 9.61. The van der Waals surface area contributed by atoms with Crippen molar-refractivity contribution < 1.29 is 22.0 Å². The maximum atomic E-state index is 12.5. The van der Waals surface area contributed by atoms with Crippen LogP contribution < -0.4 is 0 Å². The van der Waals surface area contributed by atoms with E-state index in [-0.39, 0.29) is 0 Å². The topological polar surface area (TPSA) is 36.7 Å². The Morgan fingerprint density at radius 1 is 1.41 bits per heavy atom. The molecule has 0 bridgehead atoms. The summed E-state index contributed by atoms with van der Waals surface area (Å²) in [5.41, 5.74) is -2.51. The maximum absolute atomic E-state index is 12.5. The van der Waals surface area contributed by atoms with Crippen molar-refractivity contribution in [2.24, 2.45) is 0 Å². The summed E-state index contributed by atoms with van der Waals surface area (Å²) in [5, 5.41) is 8.42. The third-order valence-corrected chi connectivity index (χ3v) is 2.80. The summed E-state index contributed by atoms with van der Waals surface area (Å²) < 4.78 is 62.0. The van der Waals surface area contributed by atoms with E-state index in [0.717, 1.165) is 0 Å². The van der Waals surface area contributed by atoms with Gasteiger partial charge in [0.25, 0.3) is 6.43 Å². The molecule has 1 heterocycles. The molecule has 0 aliphatic rings. The number of nitriles is 1. The SMILES string of the molecule is N#CCc1c(C(F)(F)F)cnc(C(F)F)c1Br. The van der Waals surface area contributed by atoms with Crippen LogP contribution in [0.15, 0.2) is 10.7 Å². The van der Waals surface area contributed by atoms with Gasteiger partial charge >= 0.3 is 6.18 Å². The molecule has 1 aromatic heterocycles. The summed E-state index contributed by atoms with van der Waals surface area (Å²) in [4.78, 5) is 3.06. The van der Waals surface area contributed by atoms with Gasteiger partial charge in [0.2, 0.25) is 0 Å². The van der Waals surface area contributed by atoms with Gasteiger partial charge in [0.15, 0.2) is 0 Å². The van der Waals surface area contributed by atoms with E-state index in [1.54, 1.807) is 0 Å². The number of halogens is 6. The van der Waals surface area contributed by atoms with Crippen LogP contribution in [0.2, 0.25) is 0 Å². The second-order valence-corrected chi connectivity index (χ2v) is 3.78. The van der Waals surface area contributed by atoms with E-state index < -0.39 is 40.3 Å².